The predicted molar refractivity (Wildman–Crippen MR) is 134 cm³/mol. The van der Waals surface area contributed by atoms with Crippen molar-refractivity contribution in [2.45, 2.75) is 19.0 Å². The third-order valence-electron chi connectivity index (χ3n) is 6.12. The van der Waals surface area contributed by atoms with Crippen LogP contribution in [0, 0.1) is 12.7 Å². The van der Waals surface area contributed by atoms with Crippen molar-refractivity contribution < 1.29 is 18.8 Å². The molecule has 0 radical (unpaired) electrons. The van der Waals surface area contributed by atoms with Gasteiger partial charge in [0, 0.05) is 10.7 Å². The normalized spacial score (nSPS) is 19.3. The molecule has 2 heterocycles. The zero-order valence-electron chi connectivity index (χ0n) is 17.6. The molecular formula is C24H12Cl5FN2O3. The van der Waals surface area contributed by atoms with Gasteiger partial charge in [0.1, 0.15) is 11.9 Å². The Bertz CT molecular complexity index is 1410. The van der Waals surface area contributed by atoms with Crippen molar-refractivity contribution >= 4 is 81.4 Å². The van der Waals surface area contributed by atoms with E-state index in [0.717, 1.165) is 10.5 Å². The van der Waals surface area contributed by atoms with Gasteiger partial charge in [-0.25, -0.2) is 4.39 Å². The summed E-state index contributed by atoms with van der Waals surface area (Å²) in [6.45, 7) is 1.79. The Balaban J connectivity index is 1.65. The maximum Gasteiger partial charge on any atom is 0.264 e. The van der Waals surface area contributed by atoms with E-state index < -0.39 is 35.6 Å². The van der Waals surface area contributed by atoms with E-state index in [1.807, 2.05) is 0 Å². The average Bonchev–Trinajstić information content (AvgIpc) is 3.08. The van der Waals surface area contributed by atoms with Crippen LogP contribution in [0.5, 0.6) is 0 Å². The number of benzene rings is 3. The molecule has 5 nitrogen and oxygen atoms in total. The van der Waals surface area contributed by atoms with Gasteiger partial charge in [-0.3, -0.25) is 19.3 Å². The maximum atomic E-state index is 13.7. The van der Waals surface area contributed by atoms with Gasteiger partial charge >= 0.3 is 0 Å². The zero-order valence-corrected chi connectivity index (χ0v) is 21.4. The molecule has 0 aromatic heterocycles. The van der Waals surface area contributed by atoms with Crippen LogP contribution in [0.15, 0.2) is 42.5 Å². The lowest BCUT2D eigenvalue weighted by Gasteiger charge is -2.50. The van der Waals surface area contributed by atoms with Gasteiger partial charge in [-0.15, -0.1) is 0 Å². The van der Waals surface area contributed by atoms with Gasteiger partial charge in [-0.1, -0.05) is 76.2 Å². The summed E-state index contributed by atoms with van der Waals surface area (Å²) in [4.78, 5) is 42.6. The number of nitrogens with zero attached hydrogens (tertiary/aromatic N) is 2. The number of aryl methyl sites for hydroxylation is 1. The molecule has 3 amide bonds. The smallest absolute Gasteiger partial charge is 0.264 e. The molecule has 0 spiro atoms. The van der Waals surface area contributed by atoms with Crippen LogP contribution in [0.3, 0.4) is 0 Å². The Morgan fingerprint density at radius 1 is 0.714 bits per heavy atom. The largest absolute Gasteiger partial charge is 0.300 e. The fourth-order valence-corrected chi connectivity index (χ4v) is 5.63. The van der Waals surface area contributed by atoms with Gasteiger partial charge in [-0.2, -0.15) is 0 Å². The standard InChI is InChI=1S/C24H12Cl5FN2O3/c1-9-2-5-11(25)8-13(9)31-20(10-3-6-12(30)7-4-10)21(24(31)35)32-22(33)14-15(23(32)34)17(27)19(29)18(28)16(14)26/h2-8,20-21H,1H3/t20-,21-/m0/s1. The summed E-state index contributed by atoms with van der Waals surface area (Å²) >= 11 is 30.9. The van der Waals surface area contributed by atoms with Crippen LogP contribution < -0.4 is 4.90 Å². The predicted octanol–water partition coefficient (Wildman–Crippen LogP) is 7.15. The number of carbonyl (C=O) groups excluding carboxylic acids is 3. The Labute approximate surface area is 223 Å². The van der Waals surface area contributed by atoms with Crippen LogP contribution in [0.4, 0.5) is 10.1 Å². The van der Waals surface area contributed by atoms with Crippen molar-refractivity contribution in [3.63, 3.8) is 0 Å². The number of imide groups is 1. The first-order chi connectivity index (χ1) is 16.5. The monoisotopic (exact) mass is 570 g/mol. The van der Waals surface area contributed by atoms with Crippen LogP contribution in [-0.2, 0) is 4.79 Å². The summed E-state index contributed by atoms with van der Waals surface area (Å²) in [5.74, 6) is -2.68. The molecule has 2 aliphatic rings. The molecule has 2 atom stereocenters. The van der Waals surface area contributed by atoms with E-state index in [1.165, 1.54) is 29.2 Å². The number of hydrogen-bond donors (Lipinski definition) is 0. The van der Waals surface area contributed by atoms with Gasteiger partial charge < -0.3 is 4.90 Å². The van der Waals surface area contributed by atoms with E-state index in [0.29, 0.717) is 16.3 Å². The first kappa shape index (κ1) is 24.3. The highest BCUT2D eigenvalue weighted by Crippen LogP contribution is 2.49. The highest BCUT2D eigenvalue weighted by atomic mass is 35.5. The molecule has 0 aliphatic carbocycles. The molecule has 178 valence electrons. The fraction of sp³-hybridized carbons (Fsp3) is 0.125. The number of β-lactam (4-membered cyclic amide) rings is 1. The van der Waals surface area contributed by atoms with Gasteiger partial charge in [0.2, 0.25) is 0 Å². The number of rotatable bonds is 3. The summed E-state index contributed by atoms with van der Waals surface area (Å²) in [5, 5.41) is -0.421. The number of fused-ring (bicyclic) bond motifs is 1. The molecule has 3 aromatic carbocycles. The second-order valence-electron chi connectivity index (χ2n) is 8.07. The quantitative estimate of drug-likeness (QED) is 0.145. The molecule has 11 heteroatoms. The second kappa shape index (κ2) is 8.64. The first-order valence-corrected chi connectivity index (χ1v) is 12.0. The highest BCUT2D eigenvalue weighted by molar-refractivity contribution is 6.55. The van der Waals surface area contributed by atoms with E-state index >= 15 is 0 Å². The molecule has 5 rings (SSSR count). The second-order valence-corrected chi connectivity index (χ2v) is 10.0. The maximum absolute atomic E-state index is 13.7. The van der Waals surface area contributed by atoms with Crippen LogP contribution >= 0.6 is 58.0 Å². The summed E-state index contributed by atoms with van der Waals surface area (Å²) < 4.78 is 13.7. The molecule has 0 unspecified atom stereocenters. The van der Waals surface area contributed by atoms with Crippen molar-refractivity contribution in [2.75, 3.05) is 4.90 Å². The van der Waals surface area contributed by atoms with Gasteiger partial charge in [0.25, 0.3) is 17.7 Å². The highest BCUT2D eigenvalue weighted by Gasteiger charge is 2.58. The van der Waals surface area contributed by atoms with Gasteiger partial charge in [-0.05, 0) is 42.3 Å². The third kappa shape index (κ3) is 3.54. The molecule has 0 bridgehead atoms. The summed E-state index contributed by atoms with van der Waals surface area (Å²) in [6, 6.07) is 8.37. The van der Waals surface area contributed by atoms with Crippen LogP contribution in [0.2, 0.25) is 25.1 Å². The Morgan fingerprint density at radius 2 is 1.26 bits per heavy atom. The SMILES string of the molecule is Cc1ccc(Cl)cc1N1C(=O)[C@@H](N2C(=O)c3c(Cl)c(Cl)c(Cl)c(Cl)c3C2=O)[C@@H]1c1ccc(F)cc1. The molecule has 0 saturated carbocycles. The van der Waals surface area contributed by atoms with Crippen LogP contribution in [0.1, 0.15) is 37.9 Å². The molecule has 3 aromatic rings. The van der Waals surface area contributed by atoms with Crippen molar-refractivity contribution in [1.29, 1.82) is 0 Å². The summed E-state index contributed by atoms with van der Waals surface area (Å²) in [5.41, 5.74) is 1.28. The van der Waals surface area contributed by atoms with Gasteiger partial charge in [0.15, 0.2) is 0 Å². The van der Waals surface area contributed by atoms with Crippen molar-refractivity contribution in [3.8, 4) is 0 Å². The van der Waals surface area contributed by atoms with Crippen LogP contribution in [-0.4, -0.2) is 28.7 Å². The van der Waals surface area contributed by atoms with Crippen molar-refractivity contribution in [1.82, 2.24) is 4.90 Å². The third-order valence-corrected chi connectivity index (χ3v) is 8.16. The van der Waals surface area contributed by atoms with E-state index in [1.54, 1.807) is 25.1 Å². The number of halogens is 6. The molecule has 2 aliphatic heterocycles. The lowest BCUT2D eigenvalue weighted by Crippen LogP contribution is -2.67. The molecule has 0 N–H and O–H groups in total. The molecule has 1 fully saturated rings. The Hall–Kier alpha value is -2.35. The average molecular weight is 573 g/mol. The fourth-order valence-electron chi connectivity index (χ4n) is 4.45. The number of carbonyl (C=O) groups is 3. The van der Waals surface area contributed by atoms with Gasteiger partial charge in [0.05, 0.1) is 37.3 Å². The summed E-state index contributed by atoms with van der Waals surface area (Å²) in [6.07, 6.45) is 0. The molecule has 1 saturated heterocycles. The minimum absolute atomic E-state index is 0.175. The number of hydrogen-bond acceptors (Lipinski definition) is 3. The van der Waals surface area contributed by atoms with E-state index in [4.69, 9.17) is 58.0 Å². The van der Waals surface area contributed by atoms with Crippen LogP contribution in [0.25, 0.3) is 0 Å². The minimum Gasteiger partial charge on any atom is -0.300 e. The first-order valence-electron chi connectivity index (χ1n) is 10.1. The number of anilines is 1. The molecule has 35 heavy (non-hydrogen) atoms. The lowest BCUT2D eigenvalue weighted by atomic mass is 9.85. The van der Waals surface area contributed by atoms with E-state index in [2.05, 4.69) is 0 Å². The zero-order chi connectivity index (χ0) is 25.3. The summed E-state index contributed by atoms with van der Waals surface area (Å²) in [7, 11) is 0. The lowest BCUT2D eigenvalue weighted by molar-refractivity contribution is -0.130. The van der Waals surface area contributed by atoms with Crippen molar-refractivity contribution in [3.05, 3.63) is 95.6 Å². The van der Waals surface area contributed by atoms with E-state index in [-0.39, 0.29) is 31.2 Å². The Kier molecular flexibility index (Phi) is 6.01. The van der Waals surface area contributed by atoms with E-state index in [9.17, 15) is 18.8 Å². The topological polar surface area (TPSA) is 57.7 Å². The van der Waals surface area contributed by atoms with Crippen molar-refractivity contribution in [2.24, 2.45) is 0 Å². The minimum atomic E-state index is -1.25. The Morgan fingerprint density at radius 3 is 1.80 bits per heavy atom. The molecular weight excluding hydrogens is 561 g/mol. The number of amides is 3.